The molecule has 1 aliphatic heterocycles. The van der Waals surface area contributed by atoms with Gasteiger partial charge in [-0.25, -0.2) is 0 Å². The molecular weight excluding hydrogens is 306 g/mol. The van der Waals surface area contributed by atoms with Crippen LogP contribution in [0.25, 0.3) is 0 Å². The summed E-state index contributed by atoms with van der Waals surface area (Å²) in [6.07, 6.45) is 1.03. The molecule has 2 heterocycles. The number of methoxy groups -OCH3 is 1. The van der Waals surface area contributed by atoms with Gasteiger partial charge in [0, 0.05) is 25.4 Å². The number of ether oxygens (including phenoxy) is 2. The fourth-order valence-corrected chi connectivity index (χ4v) is 2.86. The van der Waals surface area contributed by atoms with Gasteiger partial charge in [0.1, 0.15) is 5.75 Å². The summed E-state index contributed by atoms with van der Waals surface area (Å²) in [5.74, 6) is 2.52. The zero-order valence-corrected chi connectivity index (χ0v) is 14.6. The average Bonchev–Trinajstić information content (AvgIpc) is 3.04. The molecule has 0 saturated carbocycles. The van der Waals surface area contributed by atoms with Crippen molar-refractivity contribution in [3.05, 3.63) is 41.6 Å². The first-order valence-corrected chi connectivity index (χ1v) is 8.43. The van der Waals surface area contributed by atoms with Gasteiger partial charge in [0.25, 0.3) is 0 Å². The molecule has 130 valence electrons. The number of rotatable bonds is 6. The molecule has 3 rings (SSSR count). The molecule has 0 unspecified atom stereocenters. The summed E-state index contributed by atoms with van der Waals surface area (Å²) in [7, 11) is 1.69. The molecule has 6 nitrogen and oxygen atoms in total. The molecule has 0 spiro atoms. The highest BCUT2D eigenvalue weighted by Gasteiger charge is 2.23. The highest BCUT2D eigenvalue weighted by atomic mass is 16.5. The first-order valence-electron chi connectivity index (χ1n) is 8.43. The summed E-state index contributed by atoms with van der Waals surface area (Å²) in [6.45, 7) is 7.24. The molecule has 1 saturated heterocycles. The Morgan fingerprint density at radius 3 is 2.96 bits per heavy atom. The van der Waals surface area contributed by atoms with Gasteiger partial charge in [-0.3, -0.25) is 4.90 Å². The van der Waals surface area contributed by atoms with Crippen molar-refractivity contribution in [2.45, 2.75) is 38.8 Å². The summed E-state index contributed by atoms with van der Waals surface area (Å²) in [5, 5.41) is 8.25. The monoisotopic (exact) mass is 331 g/mol. The van der Waals surface area contributed by atoms with E-state index in [1.54, 1.807) is 7.11 Å². The van der Waals surface area contributed by atoms with E-state index in [4.69, 9.17) is 13.9 Å². The first kappa shape index (κ1) is 16.9. The van der Waals surface area contributed by atoms with Crippen molar-refractivity contribution < 1.29 is 13.9 Å². The lowest BCUT2D eigenvalue weighted by atomic mass is 10.1. The largest absolute Gasteiger partial charge is 0.497 e. The Morgan fingerprint density at radius 2 is 2.21 bits per heavy atom. The fraction of sp³-hybridized carbons (Fsp3) is 0.556. The summed E-state index contributed by atoms with van der Waals surface area (Å²) >= 11 is 0. The van der Waals surface area contributed by atoms with E-state index in [1.807, 2.05) is 12.1 Å². The topological polar surface area (TPSA) is 60.6 Å². The molecule has 6 heteroatoms. The second-order valence-corrected chi connectivity index (χ2v) is 6.47. The van der Waals surface area contributed by atoms with Crippen LogP contribution in [-0.4, -0.2) is 48.0 Å². The van der Waals surface area contributed by atoms with Gasteiger partial charge in [-0.05, 0) is 17.7 Å². The van der Waals surface area contributed by atoms with Gasteiger partial charge >= 0.3 is 0 Å². The molecular formula is C18H25N3O3. The summed E-state index contributed by atoms with van der Waals surface area (Å²) < 4.78 is 16.9. The molecule has 0 N–H and O–H groups in total. The lowest BCUT2D eigenvalue weighted by Gasteiger charge is -2.32. The quantitative estimate of drug-likeness (QED) is 0.811. The number of aromatic nitrogens is 2. The van der Waals surface area contributed by atoms with Gasteiger partial charge in [-0.15, -0.1) is 10.2 Å². The Hall–Kier alpha value is -1.92. The third kappa shape index (κ3) is 4.33. The number of hydrogen-bond donors (Lipinski definition) is 0. The number of hydrogen-bond acceptors (Lipinski definition) is 6. The normalized spacial score (nSPS) is 18.9. The lowest BCUT2D eigenvalue weighted by molar-refractivity contribution is -0.0328. The zero-order valence-electron chi connectivity index (χ0n) is 14.6. The third-order valence-corrected chi connectivity index (χ3v) is 4.16. The third-order valence-electron chi connectivity index (χ3n) is 4.16. The highest BCUT2D eigenvalue weighted by Crippen LogP contribution is 2.18. The maximum absolute atomic E-state index is 5.92. The second-order valence-electron chi connectivity index (χ2n) is 6.47. The van der Waals surface area contributed by atoms with Crippen molar-refractivity contribution in [2.24, 2.45) is 0 Å². The van der Waals surface area contributed by atoms with Gasteiger partial charge in [-0.2, -0.15) is 0 Å². The second kappa shape index (κ2) is 7.77. The van der Waals surface area contributed by atoms with Gasteiger partial charge in [0.2, 0.25) is 11.8 Å². The summed E-state index contributed by atoms with van der Waals surface area (Å²) in [5.41, 5.74) is 1.22. The van der Waals surface area contributed by atoms with Crippen LogP contribution in [-0.2, 0) is 17.7 Å². The van der Waals surface area contributed by atoms with Crippen LogP contribution >= 0.6 is 0 Å². The van der Waals surface area contributed by atoms with Crippen molar-refractivity contribution in [3.8, 4) is 5.75 Å². The molecule has 1 fully saturated rings. The molecule has 0 aliphatic carbocycles. The van der Waals surface area contributed by atoms with Gasteiger partial charge in [0.05, 0.1) is 26.4 Å². The van der Waals surface area contributed by atoms with Crippen LogP contribution in [0.15, 0.2) is 28.7 Å². The minimum atomic E-state index is 0.165. The van der Waals surface area contributed by atoms with Crippen LogP contribution in [0.3, 0.4) is 0 Å². The summed E-state index contributed by atoms with van der Waals surface area (Å²) in [4.78, 5) is 2.31. The van der Waals surface area contributed by atoms with Crippen LogP contribution in [0.2, 0.25) is 0 Å². The van der Waals surface area contributed by atoms with Gasteiger partial charge < -0.3 is 13.9 Å². The zero-order chi connectivity index (χ0) is 16.9. The van der Waals surface area contributed by atoms with E-state index < -0.39 is 0 Å². The summed E-state index contributed by atoms with van der Waals surface area (Å²) in [6, 6.07) is 8.15. The molecule has 2 aromatic rings. The highest BCUT2D eigenvalue weighted by molar-refractivity contribution is 5.28. The average molecular weight is 331 g/mol. The van der Waals surface area contributed by atoms with E-state index in [-0.39, 0.29) is 12.0 Å². The Labute approximate surface area is 142 Å². The van der Waals surface area contributed by atoms with Crippen LogP contribution in [0.5, 0.6) is 5.75 Å². The standard InChI is InChI=1S/C18H25N3O3/c1-13(2)18-20-19-17(24-18)12-21-7-8-23-16(11-21)10-14-5-4-6-15(9-14)22-3/h4-6,9,13,16H,7-8,10-12H2,1-3H3/t16-/m1/s1. The van der Waals surface area contributed by atoms with E-state index in [0.29, 0.717) is 18.3 Å². The van der Waals surface area contributed by atoms with Crippen molar-refractivity contribution in [2.75, 3.05) is 26.8 Å². The van der Waals surface area contributed by atoms with Crippen LogP contribution in [0.4, 0.5) is 0 Å². The van der Waals surface area contributed by atoms with Gasteiger partial charge in [0.15, 0.2) is 0 Å². The molecule has 0 amide bonds. The Bertz CT molecular complexity index is 656. The van der Waals surface area contributed by atoms with E-state index >= 15 is 0 Å². The maximum Gasteiger partial charge on any atom is 0.230 e. The van der Waals surface area contributed by atoms with Gasteiger partial charge in [-0.1, -0.05) is 26.0 Å². The van der Waals surface area contributed by atoms with Crippen LogP contribution in [0, 0.1) is 0 Å². The minimum Gasteiger partial charge on any atom is -0.497 e. The smallest absolute Gasteiger partial charge is 0.230 e. The predicted molar refractivity (Wildman–Crippen MR) is 90.1 cm³/mol. The van der Waals surface area contributed by atoms with E-state index in [1.165, 1.54) is 5.56 Å². The van der Waals surface area contributed by atoms with Crippen LogP contribution < -0.4 is 4.74 Å². The molecule has 1 aromatic carbocycles. The van der Waals surface area contributed by atoms with E-state index in [2.05, 4.69) is 41.1 Å². The molecule has 24 heavy (non-hydrogen) atoms. The molecule has 1 aliphatic rings. The lowest BCUT2D eigenvalue weighted by Crippen LogP contribution is -2.42. The minimum absolute atomic E-state index is 0.165. The Morgan fingerprint density at radius 1 is 1.33 bits per heavy atom. The Kier molecular flexibility index (Phi) is 5.48. The number of morpholine rings is 1. The number of benzene rings is 1. The molecule has 1 atom stereocenters. The number of nitrogens with zero attached hydrogens (tertiary/aromatic N) is 3. The first-order chi connectivity index (χ1) is 11.6. The predicted octanol–water partition coefficient (Wildman–Crippen LogP) is 2.65. The van der Waals surface area contributed by atoms with E-state index in [0.717, 1.165) is 31.9 Å². The Balaban J connectivity index is 1.57. The molecule has 0 bridgehead atoms. The maximum atomic E-state index is 5.92. The van der Waals surface area contributed by atoms with Crippen LogP contribution in [0.1, 0.15) is 37.1 Å². The van der Waals surface area contributed by atoms with Crippen molar-refractivity contribution >= 4 is 0 Å². The van der Waals surface area contributed by atoms with Crippen molar-refractivity contribution in [3.63, 3.8) is 0 Å². The van der Waals surface area contributed by atoms with E-state index in [9.17, 15) is 0 Å². The van der Waals surface area contributed by atoms with Crippen molar-refractivity contribution in [1.29, 1.82) is 0 Å². The SMILES string of the molecule is COc1cccc(C[C@@H]2CN(Cc3nnc(C(C)C)o3)CCO2)c1. The van der Waals surface area contributed by atoms with Crippen molar-refractivity contribution in [1.82, 2.24) is 15.1 Å². The molecule has 1 aromatic heterocycles. The molecule has 0 radical (unpaired) electrons. The fourth-order valence-electron chi connectivity index (χ4n) is 2.86.